The minimum atomic E-state index is -0.149. The summed E-state index contributed by atoms with van der Waals surface area (Å²) in [4.78, 5) is 9.21. The molecule has 1 aliphatic carbocycles. The van der Waals surface area contributed by atoms with Gasteiger partial charge in [0, 0.05) is 17.8 Å². The molecule has 0 saturated carbocycles. The molecule has 0 spiro atoms. The summed E-state index contributed by atoms with van der Waals surface area (Å²) in [7, 11) is 0. The van der Waals surface area contributed by atoms with Gasteiger partial charge in [-0.15, -0.1) is 0 Å². The smallest absolute Gasteiger partial charge is 0.0892 e. The lowest BCUT2D eigenvalue weighted by atomic mass is 9.77. The number of nitrogens with zero attached hydrogens (tertiary/aromatic N) is 2. The van der Waals surface area contributed by atoms with Crippen molar-refractivity contribution in [2.24, 2.45) is 0 Å². The summed E-state index contributed by atoms with van der Waals surface area (Å²) in [5.74, 6) is 0. The number of aromatic nitrogens is 2. The molecule has 0 unspecified atom stereocenters. The number of pyridine rings is 2. The van der Waals surface area contributed by atoms with Crippen molar-refractivity contribution in [2.45, 2.75) is 19.3 Å². The molecule has 2 heterocycles. The van der Waals surface area contributed by atoms with Crippen LogP contribution < -0.4 is 0 Å². The van der Waals surface area contributed by atoms with E-state index in [1.807, 2.05) is 30.6 Å². The normalized spacial score (nSPS) is 13.6. The van der Waals surface area contributed by atoms with Crippen molar-refractivity contribution in [3.8, 4) is 33.6 Å². The van der Waals surface area contributed by atoms with Crippen LogP contribution in [0.15, 0.2) is 122 Å². The molecule has 184 valence electrons. The van der Waals surface area contributed by atoms with Crippen LogP contribution in [0.5, 0.6) is 0 Å². The second-order valence-corrected chi connectivity index (χ2v) is 11.0. The number of hydrogen-bond donors (Lipinski definition) is 0. The molecule has 7 aromatic rings. The van der Waals surface area contributed by atoms with E-state index in [0.29, 0.717) is 0 Å². The first-order valence-electron chi connectivity index (χ1n) is 13.5. The van der Waals surface area contributed by atoms with Crippen molar-refractivity contribution in [3.63, 3.8) is 0 Å². The van der Waals surface area contributed by atoms with Crippen LogP contribution in [-0.2, 0) is 5.41 Å². The number of fused-ring (bicyclic) bond motifs is 10. The Morgan fingerprint density at radius 1 is 0.462 bits per heavy atom. The number of rotatable bonds is 2. The van der Waals surface area contributed by atoms with Crippen molar-refractivity contribution < 1.29 is 0 Å². The monoisotopic (exact) mass is 498 g/mol. The standard InChI is InChI=1S/C37H26N2/c1-37(2)35-28-15-7-5-13-26(28)30(23-18-20-39-33(21-23)32-17-9-10-19-38-32)22-31(35)34-27-14-6-3-11-24(27)25-12-4-8-16-29(25)36(34)37/h3-22H,1-2H3. The fourth-order valence-electron chi connectivity index (χ4n) is 6.93. The van der Waals surface area contributed by atoms with Crippen LogP contribution in [0, 0.1) is 0 Å². The molecule has 0 N–H and O–H groups in total. The Kier molecular flexibility index (Phi) is 4.60. The maximum atomic E-state index is 4.66. The average Bonchev–Trinajstić information content (AvgIpc) is 3.24. The molecule has 8 rings (SSSR count). The zero-order valence-electron chi connectivity index (χ0n) is 21.9. The highest BCUT2D eigenvalue weighted by Gasteiger charge is 2.40. The largest absolute Gasteiger partial charge is 0.255 e. The van der Waals surface area contributed by atoms with Gasteiger partial charge in [-0.2, -0.15) is 0 Å². The van der Waals surface area contributed by atoms with Crippen molar-refractivity contribution in [1.29, 1.82) is 0 Å². The van der Waals surface area contributed by atoms with Crippen LogP contribution >= 0.6 is 0 Å². The minimum Gasteiger partial charge on any atom is -0.255 e. The lowest BCUT2D eigenvalue weighted by Gasteiger charge is -2.25. The molecule has 0 atom stereocenters. The van der Waals surface area contributed by atoms with Gasteiger partial charge in [0.25, 0.3) is 0 Å². The number of hydrogen-bond acceptors (Lipinski definition) is 2. The quantitative estimate of drug-likeness (QED) is 0.222. The molecule has 2 nitrogen and oxygen atoms in total. The molecule has 39 heavy (non-hydrogen) atoms. The highest BCUT2D eigenvalue weighted by Crippen LogP contribution is 2.57. The SMILES string of the molecule is CC1(C)c2c(cc(-c3ccnc(-c4ccccn4)c3)c3ccccc23)-c2c1c1ccccc1c1ccccc21. The highest BCUT2D eigenvalue weighted by atomic mass is 14.8. The van der Waals surface area contributed by atoms with E-state index in [1.165, 1.54) is 60.1 Å². The van der Waals surface area contributed by atoms with Crippen molar-refractivity contribution >= 4 is 32.3 Å². The van der Waals surface area contributed by atoms with E-state index in [9.17, 15) is 0 Å². The Hall–Kier alpha value is -4.82. The third kappa shape index (κ3) is 3.09. The van der Waals surface area contributed by atoms with Gasteiger partial charge in [0.2, 0.25) is 0 Å². The van der Waals surface area contributed by atoms with E-state index in [4.69, 9.17) is 0 Å². The fraction of sp³-hybridized carbons (Fsp3) is 0.0811. The Morgan fingerprint density at radius 3 is 1.77 bits per heavy atom. The topological polar surface area (TPSA) is 25.8 Å². The molecule has 0 radical (unpaired) electrons. The molecule has 1 aliphatic rings. The van der Waals surface area contributed by atoms with Gasteiger partial charge < -0.3 is 0 Å². The minimum absolute atomic E-state index is 0.149. The Labute approximate surface area is 227 Å². The number of benzene rings is 5. The summed E-state index contributed by atoms with van der Waals surface area (Å²) in [6.45, 7) is 4.80. The average molecular weight is 499 g/mol. The maximum Gasteiger partial charge on any atom is 0.0892 e. The fourth-order valence-corrected chi connectivity index (χ4v) is 6.93. The Bertz CT molecular complexity index is 2090. The van der Waals surface area contributed by atoms with Crippen LogP contribution in [0.3, 0.4) is 0 Å². The molecular formula is C37H26N2. The molecule has 2 heteroatoms. The van der Waals surface area contributed by atoms with Gasteiger partial charge in [0.05, 0.1) is 11.4 Å². The van der Waals surface area contributed by atoms with Crippen LogP contribution in [0.4, 0.5) is 0 Å². The van der Waals surface area contributed by atoms with Crippen LogP contribution in [0.1, 0.15) is 25.0 Å². The summed E-state index contributed by atoms with van der Waals surface area (Å²) < 4.78 is 0. The van der Waals surface area contributed by atoms with E-state index >= 15 is 0 Å². The molecule has 0 fully saturated rings. The van der Waals surface area contributed by atoms with Crippen LogP contribution in [0.2, 0.25) is 0 Å². The lowest BCUT2D eigenvalue weighted by molar-refractivity contribution is 0.672. The van der Waals surface area contributed by atoms with Gasteiger partial charge in [-0.05, 0) is 96.0 Å². The van der Waals surface area contributed by atoms with Gasteiger partial charge in [0.1, 0.15) is 0 Å². The molecule has 2 aromatic heterocycles. The summed E-state index contributed by atoms with van der Waals surface area (Å²) >= 11 is 0. The maximum absolute atomic E-state index is 4.66. The van der Waals surface area contributed by atoms with E-state index in [0.717, 1.165) is 17.0 Å². The first-order chi connectivity index (χ1) is 19.1. The third-order valence-corrected chi connectivity index (χ3v) is 8.50. The van der Waals surface area contributed by atoms with Crippen molar-refractivity contribution in [2.75, 3.05) is 0 Å². The highest BCUT2D eigenvalue weighted by molar-refractivity contribution is 6.20. The van der Waals surface area contributed by atoms with E-state index in [1.54, 1.807) is 0 Å². The summed E-state index contributed by atoms with van der Waals surface area (Å²) in [5.41, 5.74) is 9.55. The van der Waals surface area contributed by atoms with Crippen LogP contribution in [0.25, 0.3) is 66.0 Å². The van der Waals surface area contributed by atoms with E-state index in [2.05, 4.69) is 115 Å². The summed E-state index contributed by atoms with van der Waals surface area (Å²) in [5, 5.41) is 7.89. The lowest BCUT2D eigenvalue weighted by Crippen LogP contribution is -2.16. The Balaban J connectivity index is 1.51. The molecular weight excluding hydrogens is 472 g/mol. The molecule has 0 aliphatic heterocycles. The predicted molar refractivity (Wildman–Crippen MR) is 163 cm³/mol. The first kappa shape index (κ1) is 22.2. The van der Waals surface area contributed by atoms with Crippen molar-refractivity contribution in [3.05, 3.63) is 133 Å². The molecule has 0 saturated heterocycles. The van der Waals surface area contributed by atoms with Gasteiger partial charge in [-0.3, -0.25) is 9.97 Å². The van der Waals surface area contributed by atoms with Gasteiger partial charge in [-0.1, -0.05) is 92.7 Å². The van der Waals surface area contributed by atoms with E-state index in [-0.39, 0.29) is 5.41 Å². The van der Waals surface area contributed by atoms with E-state index < -0.39 is 0 Å². The third-order valence-electron chi connectivity index (χ3n) is 8.50. The first-order valence-corrected chi connectivity index (χ1v) is 13.5. The zero-order valence-corrected chi connectivity index (χ0v) is 21.9. The molecule has 5 aromatic carbocycles. The van der Waals surface area contributed by atoms with Crippen molar-refractivity contribution in [1.82, 2.24) is 9.97 Å². The summed E-state index contributed by atoms with van der Waals surface area (Å²) in [6, 6.07) is 39.4. The second-order valence-electron chi connectivity index (χ2n) is 11.0. The van der Waals surface area contributed by atoms with Gasteiger partial charge in [0.15, 0.2) is 0 Å². The van der Waals surface area contributed by atoms with Crippen LogP contribution in [-0.4, -0.2) is 9.97 Å². The molecule has 0 bridgehead atoms. The zero-order chi connectivity index (χ0) is 26.1. The second kappa shape index (κ2) is 8.09. The van der Waals surface area contributed by atoms with Gasteiger partial charge >= 0.3 is 0 Å². The molecule has 0 amide bonds. The summed E-state index contributed by atoms with van der Waals surface area (Å²) in [6.07, 6.45) is 3.73. The van der Waals surface area contributed by atoms with Gasteiger partial charge in [-0.25, -0.2) is 0 Å². The predicted octanol–water partition coefficient (Wildman–Crippen LogP) is 9.58. The Morgan fingerprint density at radius 2 is 1.05 bits per heavy atom.